The molecule has 0 amide bonds. The van der Waals surface area contributed by atoms with Crippen LogP contribution >= 0.6 is 0 Å². The molecule has 1 aliphatic carbocycles. The monoisotopic (exact) mass is 281 g/mol. The van der Waals surface area contributed by atoms with Crippen LogP contribution in [-0.2, 0) is 6.54 Å². The lowest BCUT2D eigenvalue weighted by Crippen LogP contribution is -2.26. The van der Waals surface area contributed by atoms with Crippen LogP contribution in [0.1, 0.15) is 42.5 Å². The van der Waals surface area contributed by atoms with E-state index in [9.17, 15) is 0 Å². The van der Waals surface area contributed by atoms with Gasteiger partial charge in [-0.05, 0) is 42.9 Å². The van der Waals surface area contributed by atoms with Gasteiger partial charge in [0.25, 0.3) is 0 Å². The Labute approximate surface area is 126 Å². The Balaban J connectivity index is 1.74. The van der Waals surface area contributed by atoms with Crippen LogP contribution in [-0.4, -0.2) is 16.0 Å². The maximum Gasteiger partial charge on any atom is 0.0922 e. The van der Waals surface area contributed by atoms with Crippen LogP contribution in [0.15, 0.2) is 42.9 Å². The van der Waals surface area contributed by atoms with Gasteiger partial charge in [-0.15, -0.1) is 0 Å². The summed E-state index contributed by atoms with van der Waals surface area (Å²) in [6.45, 7) is 3.05. The first-order valence-corrected chi connectivity index (χ1v) is 7.80. The topological polar surface area (TPSA) is 40.7 Å². The summed E-state index contributed by atoms with van der Waals surface area (Å²) in [6, 6.07) is 9.16. The van der Waals surface area contributed by atoms with Gasteiger partial charge in [0.05, 0.1) is 6.33 Å². The van der Waals surface area contributed by atoms with E-state index < -0.39 is 0 Å². The van der Waals surface area contributed by atoms with Crippen molar-refractivity contribution in [3.05, 3.63) is 59.7 Å². The maximum atomic E-state index is 4.07. The number of imidazole rings is 1. The lowest BCUT2D eigenvalue weighted by molar-refractivity contribution is 0.535. The molecule has 3 heteroatoms. The number of nitrogens with one attached hydrogen (secondary N) is 2. The third-order valence-corrected chi connectivity index (χ3v) is 4.21. The molecule has 3 rings (SSSR count). The molecule has 0 aliphatic heterocycles. The quantitative estimate of drug-likeness (QED) is 0.894. The minimum atomic E-state index is 0.449. The van der Waals surface area contributed by atoms with E-state index in [1.165, 1.54) is 42.4 Å². The highest BCUT2D eigenvalue weighted by Crippen LogP contribution is 2.28. The molecule has 0 bridgehead atoms. The minimum absolute atomic E-state index is 0.449. The highest BCUT2D eigenvalue weighted by molar-refractivity contribution is 5.68. The summed E-state index contributed by atoms with van der Waals surface area (Å²) in [5.41, 5.74) is 5.42. The normalized spacial score (nSPS) is 19.1. The van der Waals surface area contributed by atoms with Gasteiger partial charge in [-0.2, -0.15) is 0 Å². The Kier molecular flexibility index (Phi) is 4.51. The number of allylic oxidation sites excluding steroid dienone is 1. The number of benzene rings is 1. The average molecular weight is 281 g/mol. The second-order valence-corrected chi connectivity index (χ2v) is 5.82. The molecule has 2 aromatic rings. The molecule has 1 aromatic carbocycles. The fourth-order valence-electron chi connectivity index (χ4n) is 3.03. The van der Waals surface area contributed by atoms with E-state index in [0.29, 0.717) is 6.04 Å². The highest BCUT2D eigenvalue weighted by Gasteiger charge is 2.14. The van der Waals surface area contributed by atoms with Crippen molar-refractivity contribution in [1.82, 2.24) is 15.3 Å². The van der Waals surface area contributed by atoms with E-state index in [4.69, 9.17) is 0 Å². The van der Waals surface area contributed by atoms with E-state index in [2.05, 4.69) is 52.5 Å². The van der Waals surface area contributed by atoms with Crippen molar-refractivity contribution < 1.29 is 0 Å². The Morgan fingerprint density at radius 2 is 2.19 bits per heavy atom. The molecule has 21 heavy (non-hydrogen) atoms. The molecule has 1 atom stereocenters. The van der Waals surface area contributed by atoms with E-state index in [0.717, 1.165) is 12.2 Å². The highest BCUT2D eigenvalue weighted by atomic mass is 15.0. The zero-order valence-corrected chi connectivity index (χ0v) is 12.6. The van der Waals surface area contributed by atoms with Crippen molar-refractivity contribution in [3.8, 4) is 0 Å². The summed E-state index contributed by atoms with van der Waals surface area (Å²) in [4.78, 5) is 7.22. The maximum absolute atomic E-state index is 4.07. The van der Waals surface area contributed by atoms with Crippen LogP contribution in [0.5, 0.6) is 0 Å². The Morgan fingerprint density at radius 3 is 3.00 bits per heavy atom. The first-order chi connectivity index (χ1) is 10.3. The fraction of sp³-hybridized carbons (Fsp3) is 0.389. The van der Waals surface area contributed by atoms with Gasteiger partial charge in [0.1, 0.15) is 0 Å². The van der Waals surface area contributed by atoms with Crippen molar-refractivity contribution in [3.63, 3.8) is 0 Å². The molecule has 110 valence electrons. The molecular weight excluding hydrogens is 258 g/mol. The van der Waals surface area contributed by atoms with E-state index in [1.807, 2.05) is 6.20 Å². The number of H-pyrrole nitrogens is 1. The largest absolute Gasteiger partial charge is 0.347 e. The van der Waals surface area contributed by atoms with Crippen LogP contribution < -0.4 is 5.32 Å². The van der Waals surface area contributed by atoms with Gasteiger partial charge in [0.2, 0.25) is 0 Å². The second-order valence-electron chi connectivity index (χ2n) is 5.82. The van der Waals surface area contributed by atoms with E-state index in [-0.39, 0.29) is 0 Å². The summed E-state index contributed by atoms with van der Waals surface area (Å²) < 4.78 is 0. The van der Waals surface area contributed by atoms with Gasteiger partial charge in [-0.3, -0.25) is 0 Å². The number of nitrogens with zero attached hydrogens (tertiary/aromatic N) is 1. The summed E-state index contributed by atoms with van der Waals surface area (Å²) in [6.07, 6.45) is 11.0. The van der Waals surface area contributed by atoms with Gasteiger partial charge in [0.15, 0.2) is 0 Å². The molecule has 0 fully saturated rings. The Bertz CT molecular complexity index is 599. The number of aromatic nitrogens is 2. The van der Waals surface area contributed by atoms with Gasteiger partial charge in [0, 0.05) is 24.5 Å². The van der Waals surface area contributed by atoms with Crippen LogP contribution in [0.4, 0.5) is 0 Å². The summed E-state index contributed by atoms with van der Waals surface area (Å²) >= 11 is 0. The summed E-state index contributed by atoms with van der Waals surface area (Å²) in [7, 11) is 0. The molecule has 1 aromatic heterocycles. The van der Waals surface area contributed by atoms with Crippen molar-refractivity contribution >= 4 is 5.57 Å². The lowest BCUT2D eigenvalue weighted by Gasteiger charge is -2.14. The molecule has 1 aliphatic rings. The molecule has 1 unspecified atom stereocenters. The van der Waals surface area contributed by atoms with Gasteiger partial charge in [-0.1, -0.05) is 36.8 Å². The van der Waals surface area contributed by atoms with E-state index in [1.54, 1.807) is 6.33 Å². The third-order valence-electron chi connectivity index (χ3n) is 4.21. The smallest absolute Gasteiger partial charge is 0.0922 e. The van der Waals surface area contributed by atoms with Crippen LogP contribution in [0.3, 0.4) is 0 Å². The zero-order valence-electron chi connectivity index (χ0n) is 12.6. The zero-order chi connectivity index (χ0) is 14.5. The lowest BCUT2D eigenvalue weighted by atomic mass is 9.97. The average Bonchev–Trinajstić information content (AvgIpc) is 2.91. The molecule has 3 nitrogen and oxygen atoms in total. The second kappa shape index (κ2) is 6.72. The van der Waals surface area contributed by atoms with Crippen molar-refractivity contribution in [2.24, 2.45) is 0 Å². The molecular formula is C18H23N3. The molecule has 0 saturated carbocycles. The van der Waals surface area contributed by atoms with Crippen LogP contribution in [0, 0.1) is 6.92 Å². The first-order valence-electron chi connectivity index (χ1n) is 7.80. The predicted octanol–water partition coefficient (Wildman–Crippen LogP) is 3.83. The number of hydrogen-bond donors (Lipinski definition) is 2. The standard InChI is InChI=1S/C18H23N3/c1-14-6-2-5-9-18(14)15-7-3-4-8-16(10-15)20-12-17-11-19-13-21-17/h2,5-6,9-11,13,16,20H,3-4,7-8,12H2,1H3,(H,19,21). The minimum Gasteiger partial charge on any atom is -0.347 e. The fourth-order valence-corrected chi connectivity index (χ4v) is 3.03. The van der Waals surface area contributed by atoms with Crippen molar-refractivity contribution in [1.29, 1.82) is 0 Å². The SMILES string of the molecule is Cc1ccccc1C1=CC(NCc2cnc[nH]2)CCCC1. The van der Waals surface area contributed by atoms with Crippen molar-refractivity contribution in [2.75, 3.05) is 0 Å². The molecule has 1 heterocycles. The summed E-state index contributed by atoms with van der Waals surface area (Å²) in [5, 5.41) is 3.64. The summed E-state index contributed by atoms with van der Waals surface area (Å²) in [5.74, 6) is 0. The molecule has 0 spiro atoms. The van der Waals surface area contributed by atoms with Gasteiger partial charge in [-0.25, -0.2) is 4.98 Å². The number of aryl methyl sites for hydroxylation is 1. The van der Waals surface area contributed by atoms with Crippen molar-refractivity contribution in [2.45, 2.75) is 45.2 Å². The number of rotatable bonds is 4. The number of aromatic amines is 1. The van der Waals surface area contributed by atoms with Crippen LogP contribution in [0.2, 0.25) is 0 Å². The Hall–Kier alpha value is -1.87. The predicted molar refractivity (Wildman–Crippen MR) is 86.8 cm³/mol. The van der Waals surface area contributed by atoms with Gasteiger partial charge < -0.3 is 10.3 Å². The van der Waals surface area contributed by atoms with Gasteiger partial charge >= 0.3 is 0 Å². The molecule has 0 radical (unpaired) electrons. The van der Waals surface area contributed by atoms with E-state index >= 15 is 0 Å². The molecule has 2 N–H and O–H groups in total. The first kappa shape index (κ1) is 14.1. The molecule has 0 saturated heterocycles. The Morgan fingerprint density at radius 1 is 1.29 bits per heavy atom. The number of hydrogen-bond acceptors (Lipinski definition) is 2. The third kappa shape index (κ3) is 3.61. The van der Waals surface area contributed by atoms with Crippen LogP contribution in [0.25, 0.3) is 5.57 Å².